The van der Waals surface area contributed by atoms with Gasteiger partial charge in [-0.05, 0) is 67.0 Å². The number of anilines is 3. The van der Waals surface area contributed by atoms with Crippen LogP contribution in [-0.2, 0) is 0 Å². The summed E-state index contributed by atoms with van der Waals surface area (Å²) >= 11 is 0. The van der Waals surface area contributed by atoms with E-state index in [2.05, 4.69) is 44.7 Å². The summed E-state index contributed by atoms with van der Waals surface area (Å²) in [7, 11) is 0. The van der Waals surface area contributed by atoms with Crippen LogP contribution < -0.4 is 16.0 Å². The highest BCUT2D eigenvalue weighted by Crippen LogP contribution is 2.44. The standard InChI is InChI=1S/C27H29FN8/c1-27(2)15-29-9-8-21(27)34-26-24-19(16-3-4-16)13-30-14-20(24)33-25(36-26)17-7-10-31-23(11-17)35-22-6-5-18(28)12-32-22/h5-7,10-14,16,21,29H,3-4,8-9,15H2,1-2H3,(H,31,32,35)(H,33,34,36)/t21-/m0/s1. The molecule has 6 rings (SSSR count). The molecule has 3 N–H and O–H groups in total. The van der Waals surface area contributed by atoms with E-state index in [1.165, 1.54) is 30.7 Å². The molecule has 184 valence electrons. The first-order valence-corrected chi connectivity index (χ1v) is 12.4. The molecule has 9 heteroatoms. The van der Waals surface area contributed by atoms with Gasteiger partial charge in [0.15, 0.2) is 5.82 Å². The van der Waals surface area contributed by atoms with E-state index < -0.39 is 0 Å². The van der Waals surface area contributed by atoms with Crippen molar-refractivity contribution in [3.8, 4) is 11.4 Å². The molecule has 2 aliphatic rings. The van der Waals surface area contributed by atoms with Crippen LogP contribution in [0, 0.1) is 11.2 Å². The van der Waals surface area contributed by atoms with Crippen LogP contribution in [0.25, 0.3) is 22.3 Å². The molecule has 1 saturated carbocycles. The average Bonchev–Trinajstić information content (AvgIpc) is 3.72. The Bertz CT molecular complexity index is 1400. The molecule has 4 aromatic heterocycles. The van der Waals surface area contributed by atoms with E-state index in [0.717, 1.165) is 41.8 Å². The molecule has 0 radical (unpaired) electrons. The zero-order chi connectivity index (χ0) is 24.7. The molecule has 8 nitrogen and oxygen atoms in total. The Labute approximate surface area is 209 Å². The van der Waals surface area contributed by atoms with Crippen LogP contribution in [0.15, 0.2) is 49.1 Å². The molecular formula is C27H29FN8. The third-order valence-corrected chi connectivity index (χ3v) is 7.10. The first-order chi connectivity index (χ1) is 17.5. The first-order valence-electron chi connectivity index (χ1n) is 12.4. The van der Waals surface area contributed by atoms with Crippen LogP contribution in [0.1, 0.15) is 44.6 Å². The highest BCUT2D eigenvalue weighted by atomic mass is 19.1. The van der Waals surface area contributed by atoms with Crippen molar-refractivity contribution in [2.24, 2.45) is 5.41 Å². The SMILES string of the molecule is CC1(C)CNCC[C@@H]1Nc1nc(-c2ccnc(Nc3ccc(F)cn3)c2)nc2cncc(C3CC3)c12. The van der Waals surface area contributed by atoms with Gasteiger partial charge in [-0.3, -0.25) is 4.98 Å². The molecule has 0 spiro atoms. The highest BCUT2D eigenvalue weighted by molar-refractivity contribution is 5.93. The quantitative estimate of drug-likeness (QED) is 0.350. The van der Waals surface area contributed by atoms with Gasteiger partial charge in [0.25, 0.3) is 0 Å². The Morgan fingerprint density at radius 1 is 1.00 bits per heavy atom. The van der Waals surface area contributed by atoms with Gasteiger partial charge in [-0.25, -0.2) is 24.3 Å². The lowest BCUT2D eigenvalue weighted by molar-refractivity contribution is 0.236. The fourth-order valence-electron chi connectivity index (χ4n) is 4.87. The van der Waals surface area contributed by atoms with E-state index in [-0.39, 0.29) is 17.3 Å². The van der Waals surface area contributed by atoms with Crippen molar-refractivity contribution in [1.29, 1.82) is 0 Å². The minimum atomic E-state index is -0.386. The van der Waals surface area contributed by atoms with Crippen LogP contribution in [-0.4, -0.2) is 44.1 Å². The molecule has 0 amide bonds. The molecule has 5 heterocycles. The summed E-state index contributed by atoms with van der Waals surface area (Å²) in [5, 5.41) is 11.5. The number of halogens is 1. The second-order valence-electron chi connectivity index (χ2n) is 10.4. The van der Waals surface area contributed by atoms with E-state index in [4.69, 9.17) is 9.97 Å². The first kappa shape index (κ1) is 22.7. The number of pyridine rings is 3. The number of piperidine rings is 1. The molecule has 0 unspecified atom stereocenters. The fraction of sp³-hybridized carbons (Fsp3) is 0.370. The van der Waals surface area contributed by atoms with Crippen LogP contribution in [0.5, 0.6) is 0 Å². The second kappa shape index (κ2) is 9.05. The van der Waals surface area contributed by atoms with Gasteiger partial charge in [-0.15, -0.1) is 0 Å². The minimum absolute atomic E-state index is 0.0817. The maximum absolute atomic E-state index is 13.2. The summed E-state index contributed by atoms with van der Waals surface area (Å²) < 4.78 is 13.2. The van der Waals surface area contributed by atoms with Gasteiger partial charge < -0.3 is 16.0 Å². The van der Waals surface area contributed by atoms with E-state index in [1.807, 2.05) is 24.5 Å². The third kappa shape index (κ3) is 4.58. The lowest BCUT2D eigenvalue weighted by atomic mass is 9.80. The fourth-order valence-corrected chi connectivity index (χ4v) is 4.87. The second-order valence-corrected chi connectivity index (χ2v) is 10.4. The van der Waals surface area contributed by atoms with Crippen molar-refractivity contribution in [3.63, 3.8) is 0 Å². The van der Waals surface area contributed by atoms with Crippen molar-refractivity contribution in [2.45, 2.75) is 45.1 Å². The zero-order valence-corrected chi connectivity index (χ0v) is 20.4. The van der Waals surface area contributed by atoms with Gasteiger partial charge in [0, 0.05) is 35.9 Å². The minimum Gasteiger partial charge on any atom is -0.366 e. The Kier molecular flexibility index (Phi) is 5.72. The Morgan fingerprint density at radius 3 is 2.67 bits per heavy atom. The molecule has 1 aliphatic carbocycles. The summed E-state index contributed by atoms with van der Waals surface area (Å²) in [5.41, 5.74) is 2.97. The van der Waals surface area contributed by atoms with Crippen LogP contribution in [0.2, 0.25) is 0 Å². The third-order valence-electron chi connectivity index (χ3n) is 7.10. The topological polar surface area (TPSA) is 101 Å². The number of nitrogens with one attached hydrogen (secondary N) is 3. The molecule has 0 aromatic carbocycles. The van der Waals surface area contributed by atoms with Crippen LogP contribution >= 0.6 is 0 Å². The van der Waals surface area contributed by atoms with Crippen molar-refractivity contribution >= 4 is 28.4 Å². The summed E-state index contributed by atoms with van der Waals surface area (Å²) in [5.74, 6) is 2.69. The Balaban J connectivity index is 1.41. The number of rotatable bonds is 6. The molecular weight excluding hydrogens is 455 g/mol. The number of nitrogens with zero attached hydrogens (tertiary/aromatic N) is 5. The number of hydrogen-bond acceptors (Lipinski definition) is 8. The largest absolute Gasteiger partial charge is 0.366 e. The van der Waals surface area contributed by atoms with E-state index in [9.17, 15) is 4.39 Å². The van der Waals surface area contributed by atoms with Crippen LogP contribution in [0.3, 0.4) is 0 Å². The van der Waals surface area contributed by atoms with Gasteiger partial charge in [0.2, 0.25) is 0 Å². The molecule has 1 aliphatic heterocycles. The number of aromatic nitrogens is 5. The van der Waals surface area contributed by atoms with Gasteiger partial charge in [0.1, 0.15) is 23.3 Å². The van der Waals surface area contributed by atoms with Gasteiger partial charge >= 0.3 is 0 Å². The maximum Gasteiger partial charge on any atom is 0.162 e. The maximum atomic E-state index is 13.2. The van der Waals surface area contributed by atoms with Crippen LogP contribution in [0.4, 0.5) is 21.8 Å². The highest BCUT2D eigenvalue weighted by Gasteiger charge is 2.34. The zero-order valence-electron chi connectivity index (χ0n) is 20.4. The van der Waals surface area contributed by atoms with Crippen molar-refractivity contribution in [2.75, 3.05) is 23.7 Å². The van der Waals surface area contributed by atoms with Gasteiger partial charge in [-0.2, -0.15) is 0 Å². The molecule has 1 atom stereocenters. The summed E-state index contributed by atoms with van der Waals surface area (Å²) in [6.45, 7) is 6.50. The van der Waals surface area contributed by atoms with Crippen molar-refractivity contribution < 1.29 is 4.39 Å². The molecule has 36 heavy (non-hydrogen) atoms. The predicted molar refractivity (Wildman–Crippen MR) is 139 cm³/mol. The average molecular weight is 485 g/mol. The van der Waals surface area contributed by atoms with E-state index in [0.29, 0.717) is 23.4 Å². The Morgan fingerprint density at radius 2 is 1.89 bits per heavy atom. The number of fused-ring (bicyclic) bond motifs is 1. The van der Waals surface area contributed by atoms with E-state index in [1.54, 1.807) is 12.3 Å². The lowest BCUT2D eigenvalue weighted by Crippen LogP contribution is -2.49. The lowest BCUT2D eigenvalue weighted by Gasteiger charge is -2.40. The molecule has 0 bridgehead atoms. The summed E-state index contributed by atoms with van der Waals surface area (Å²) in [6.07, 6.45) is 10.1. The molecule has 4 aromatic rings. The number of hydrogen-bond donors (Lipinski definition) is 3. The van der Waals surface area contributed by atoms with Gasteiger partial charge in [0.05, 0.1) is 17.9 Å². The summed E-state index contributed by atoms with van der Waals surface area (Å²) in [6, 6.07) is 6.98. The Hall–Kier alpha value is -3.72. The molecule has 1 saturated heterocycles. The van der Waals surface area contributed by atoms with E-state index >= 15 is 0 Å². The normalized spacial score (nSPS) is 19.2. The summed E-state index contributed by atoms with van der Waals surface area (Å²) in [4.78, 5) is 23.0. The smallest absolute Gasteiger partial charge is 0.162 e. The predicted octanol–water partition coefficient (Wildman–Crippen LogP) is 5.04. The molecule has 2 fully saturated rings. The monoisotopic (exact) mass is 484 g/mol. The van der Waals surface area contributed by atoms with Gasteiger partial charge in [-0.1, -0.05) is 13.8 Å². The van der Waals surface area contributed by atoms with Crippen molar-refractivity contribution in [1.82, 2.24) is 30.2 Å². The van der Waals surface area contributed by atoms with Crippen molar-refractivity contribution in [3.05, 3.63) is 60.4 Å².